The van der Waals surface area contributed by atoms with E-state index >= 15 is 0 Å². The van der Waals surface area contributed by atoms with E-state index in [-0.39, 0.29) is 38.2 Å². The lowest BCUT2D eigenvalue weighted by atomic mass is 10.0. The van der Waals surface area contributed by atoms with E-state index in [0.717, 1.165) is 6.92 Å². The molecule has 2 rings (SSSR count). The molecule has 0 aliphatic carbocycles. The van der Waals surface area contributed by atoms with Gasteiger partial charge in [0, 0.05) is 36.5 Å². The van der Waals surface area contributed by atoms with Gasteiger partial charge in [-0.3, -0.25) is 43.3 Å². The van der Waals surface area contributed by atoms with Crippen molar-refractivity contribution in [3.8, 4) is 0 Å². The minimum absolute atomic E-state index is 0.0156. The van der Waals surface area contributed by atoms with Gasteiger partial charge in [-0.2, -0.15) is 0 Å². The van der Waals surface area contributed by atoms with E-state index in [1.165, 1.54) is 0 Å². The molecule has 1 aromatic heterocycles. The Labute approximate surface area is 360 Å². The Hall–Kier alpha value is -6.86. The summed E-state index contributed by atoms with van der Waals surface area (Å²) in [5.74, 6) is -11.2. The number of fused-ring (bicyclic) bond motifs is 1. The number of carboxylic acids is 2. The first-order valence-electron chi connectivity index (χ1n) is 19.8. The van der Waals surface area contributed by atoms with Crippen molar-refractivity contribution in [3.05, 3.63) is 36.0 Å². The maximum Gasteiger partial charge on any atom is 0.326 e. The molecule has 0 fully saturated rings. The molecule has 25 heteroatoms. The van der Waals surface area contributed by atoms with Gasteiger partial charge in [-0.1, -0.05) is 32.0 Å². The molecule has 19 N–H and O–H groups in total. The Balaban J connectivity index is 2.43. The second kappa shape index (κ2) is 25.2. The third-order valence-corrected chi connectivity index (χ3v) is 9.46. The summed E-state index contributed by atoms with van der Waals surface area (Å²) in [6, 6.07) is -4.27. The Bertz CT molecular complexity index is 1980. The first kappa shape index (κ1) is 52.3. The SMILES string of the molecule is CC(C)[C@H](NC(=O)[C@H](Cc1c[nH]c2ccccc12)NC(=O)[C@@H](NC(=O)[C@H](CC(=O)O)NC(=O)[C@H](CCCN=C(N)N)NC(=O)[C@H](CCC(N)=O)NC(=O)[C@@H](N)CO)[C@@H](C)O)C(=O)O. The summed E-state index contributed by atoms with van der Waals surface area (Å²) in [4.78, 5) is 123. The molecule has 0 bridgehead atoms. The Morgan fingerprint density at radius 1 is 0.714 bits per heavy atom. The molecular weight excluding hydrogens is 832 g/mol. The van der Waals surface area contributed by atoms with Crippen LogP contribution < -0.4 is 54.8 Å². The van der Waals surface area contributed by atoms with Gasteiger partial charge in [0.1, 0.15) is 42.3 Å². The van der Waals surface area contributed by atoms with Crippen molar-refractivity contribution >= 4 is 70.2 Å². The standard InChI is InChI=1S/C38H58N12O13/c1-17(2)29(37(62)63)49-34(59)25(13-19-15-44-22-8-5-4-7-20(19)22)48-36(61)30(18(3)52)50-35(60)26(14-28(54)55)47-32(57)23(9-6-12-43-38(41)42)46-33(58)24(10-11-27(40)53)45-31(56)21(39)16-51/h4-5,7-8,15,17-18,21,23-26,29-30,44,51-52H,6,9-14,16,39H2,1-3H3,(H2,40,53)(H,45,56)(H,46,58)(H,47,57)(H,48,61)(H,49,59)(H,50,60)(H,54,55)(H,62,63)(H4,41,42,43)/t18-,21+,23+,24+,25+,26+,29+,30+/m1/s1. The van der Waals surface area contributed by atoms with Gasteiger partial charge in [-0.05, 0) is 43.7 Å². The summed E-state index contributed by atoms with van der Waals surface area (Å²) < 4.78 is 0. The number of nitrogens with zero attached hydrogens (tertiary/aromatic N) is 1. The minimum atomic E-state index is -1.97. The number of nitrogens with two attached hydrogens (primary N) is 4. The number of hydrogen-bond acceptors (Lipinski definition) is 13. The number of aliphatic carboxylic acids is 2. The van der Waals surface area contributed by atoms with Gasteiger partial charge in [0.25, 0.3) is 0 Å². The highest BCUT2D eigenvalue weighted by atomic mass is 16.4. The van der Waals surface area contributed by atoms with Crippen LogP contribution in [0.4, 0.5) is 0 Å². The first-order valence-corrected chi connectivity index (χ1v) is 19.8. The maximum atomic E-state index is 13.8. The molecule has 348 valence electrons. The number of H-pyrrole nitrogens is 1. The van der Waals surface area contributed by atoms with Crippen LogP contribution in [0, 0.1) is 5.92 Å². The zero-order chi connectivity index (χ0) is 47.6. The molecule has 2 aromatic rings. The molecule has 0 radical (unpaired) electrons. The number of rotatable bonds is 27. The molecule has 8 atom stereocenters. The number of carboxylic acid groups (broad SMARTS) is 2. The normalized spacial score (nSPS) is 14.9. The number of aromatic nitrogens is 1. The van der Waals surface area contributed by atoms with Gasteiger partial charge in [-0.25, -0.2) is 4.79 Å². The minimum Gasteiger partial charge on any atom is -0.481 e. The van der Waals surface area contributed by atoms with Gasteiger partial charge < -0.3 is 80.2 Å². The largest absolute Gasteiger partial charge is 0.481 e. The number of aliphatic hydroxyl groups is 2. The van der Waals surface area contributed by atoms with Crippen LogP contribution in [0.2, 0.25) is 0 Å². The fourth-order valence-corrected chi connectivity index (χ4v) is 6.04. The molecule has 63 heavy (non-hydrogen) atoms. The van der Waals surface area contributed by atoms with E-state index in [0.29, 0.717) is 16.5 Å². The number of primary amides is 1. The van der Waals surface area contributed by atoms with Crippen LogP contribution in [0.25, 0.3) is 10.9 Å². The summed E-state index contributed by atoms with van der Waals surface area (Å²) in [6.07, 6.45) is -2.42. The average Bonchev–Trinajstić information content (AvgIpc) is 3.61. The number of carbonyl (C=O) groups excluding carboxylic acids is 7. The van der Waals surface area contributed by atoms with Gasteiger partial charge in [0.05, 0.1) is 19.1 Å². The van der Waals surface area contributed by atoms with E-state index in [4.69, 9.17) is 22.9 Å². The number of guanidine groups is 1. The fraction of sp³-hybridized carbons (Fsp3) is 0.526. The lowest BCUT2D eigenvalue weighted by molar-refractivity contribution is -0.143. The molecule has 0 saturated heterocycles. The Morgan fingerprint density at radius 3 is 1.81 bits per heavy atom. The van der Waals surface area contributed by atoms with Gasteiger partial charge in [-0.15, -0.1) is 0 Å². The van der Waals surface area contributed by atoms with Crippen LogP contribution in [0.3, 0.4) is 0 Å². The first-order chi connectivity index (χ1) is 29.5. The molecule has 0 unspecified atom stereocenters. The van der Waals surface area contributed by atoms with Crippen molar-refractivity contribution < 1.29 is 63.6 Å². The fourth-order valence-electron chi connectivity index (χ4n) is 6.04. The predicted molar refractivity (Wildman–Crippen MR) is 223 cm³/mol. The number of para-hydroxylation sites is 1. The quantitative estimate of drug-likeness (QED) is 0.0227. The van der Waals surface area contributed by atoms with E-state index in [9.17, 15) is 63.6 Å². The summed E-state index contributed by atoms with van der Waals surface area (Å²) >= 11 is 0. The molecule has 0 aliphatic rings. The summed E-state index contributed by atoms with van der Waals surface area (Å²) in [5.41, 5.74) is 22.7. The number of hydrogen-bond donors (Lipinski definition) is 15. The van der Waals surface area contributed by atoms with E-state index in [2.05, 4.69) is 41.9 Å². The van der Waals surface area contributed by atoms with Crippen molar-refractivity contribution in [2.45, 2.75) is 108 Å². The Morgan fingerprint density at radius 2 is 1.25 bits per heavy atom. The van der Waals surface area contributed by atoms with E-state index < -0.39 is 127 Å². The van der Waals surface area contributed by atoms with Crippen molar-refractivity contribution in [1.29, 1.82) is 0 Å². The lowest BCUT2D eigenvalue weighted by Gasteiger charge is -2.28. The van der Waals surface area contributed by atoms with Gasteiger partial charge in [0.15, 0.2) is 5.96 Å². The molecule has 7 amide bonds. The van der Waals surface area contributed by atoms with E-state index in [1.54, 1.807) is 44.3 Å². The van der Waals surface area contributed by atoms with Crippen molar-refractivity contribution in [3.63, 3.8) is 0 Å². The van der Waals surface area contributed by atoms with Crippen LogP contribution in [-0.2, 0) is 49.6 Å². The predicted octanol–water partition coefficient (Wildman–Crippen LogP) is -5.15. The number of amides is 7. The number of aromatic amines is 1. The molecule has 1 aromatic carbocycles. The van der Waals surface area contributed by atoms with Crippen molar-refractivity contribution in [2.24, 2.45) is 33.8 Å². The monoisotopic (exact) mass is 890 g/mol. The zero-order valence-electron chi connectivity index (χ0n) is 35.0. The number of aliphatic hydroxyl groups excluding tert-OH is 2. The second-order valence-corrected chi connectivity index (χ2v) is 14.9. The lowest BCUT2D eigenvalue weighted by Crippen LogP contribution is -2.62. The third-order valence-electron chi connectivity index (χ3n) is 9.46. The van der Waals surface area contributed by atoms with Crippen LogP contribution in [-0.4, -0.2) is 146 Å². The summed E-state index contributed by atoms with van der Waals surface area (Å²) in [7, 11) is 0. The number of carbonyl (C=O) groups is 9. The molecule has 0 saturated carbocycles. The van der Waals surface area contributed by atoms with Gasteiger partial charge >= 0.3 is 11.9 Å². The topological polar surface area (TPSA) is 439 Å². The van der Waals surface area contributed by atoms with Crippen LogP contribution in [0.5, 0.6) is 0 Å². The molecule has 1 heterocycles. The molecule has 0 spiro atoms. The smallest absolute Gasteiger partial charge is 0.326 e. The van der Waals surface area contributed by atoms with Gasteiger partial charge in [0.2, 0.25) is 41.4 Å². The molecule has 25 nitrogen and oxygen atoms in total. The third kappa shape index (κ3) is 17.2. The highest BCUT2D eigenvalue weighted by molar-refractivity contribution is 5.98. The highest BCUT2D eigenvalue weighted by Crippen LogP contribution is 2.20. The van der Waals surface area contributed by atoms with E-state index in [1.807, 2.05) is 0 Å². The zero-order valence-corrected chi connectivity index (χ0v) is 35.0. The number of aliphatic imine (C=N–C) groups is 1. The Kier molecular flexibility index (Phi) is 20.9. The second-order valence-electron chi connectivity index (χ2n) is 14.9. The van der Waals surface area contributed by atoms with Crippen LogP contribution >= 0.6 is 0 Å². The maximum absolute atomic E-state index is 13.8. The summed E-state index contributed by atoms with van der Waals surface area (Å²) in [5, 5.41) is 53.9. The van der Waals surface area contributed by atoms with Crippen molar-refractivity contribution in [1.82, 2.24) is 36.9 Å². The summed E-state index contributed by atoms with van der Waals surface area (Å²) in [6.45, 7) is 3.35. The van der Waals surface area contributed by atoms with Crippen LogP contribution in [0.1, 0.15) is 58.4 Å². The highest BCUT2D eigenvalue weighted by Gasteiger charge is 2.36. The molecular formula is C38H58N12O13. The van der Waals surface area contributed by atoms with Crippen molar-refractivity contribution in [2.75, 3.05) is 13.2 Å². The van der Waals surface area contributed by atoms with Crippen LogP contribution in [0.15, 0.2) is 35.5 Å². The molecule has 0 aliphatic heterocycles. The average molecular weight is 891 g/mol. The number of nitrogens with one attached hydrogen (secondary N) is 7. The number of benzene rings is 1.